The molecule has 1 aromatic carbocycles. The van der Waals surface area contributed by atoms with Crippen LogP contribution in [0.3, 0.4) is 0 Å². The molecular formula is C17H19ClN2O3. The van der Waals surface area contributed by atoms with Crippen LogP contribution in [0.2, 0.25) is 0 Å². The zero-order valence-electron chi connectivity index (χ0n) is 12.7. The molecule has 23 heavy (non-hydrogen) atoms. The van der Waals surface area contributed by atoms with Crippen molar-refractivity contribution >= 4 is 23.5 Å². The molecule has 0 atom stereocenters. The first kappa shape index (κ1) is 17.1. The molecule has 0 saturated heterocycles. The minimum atomic E-state index is -0.921. The summed E-state index contributed by atoms with van der Waals surface area (Å²) >= 11 is 5.68. The number of halogens is 1. The SMILES string of the molecule is O=C(O)CCN(CCCCl)C(=O)c1ccn(-c2ccccc2)c1. The minimum Gasteiger partial charge on any atom is -0.481 e. The molecule has 0 aliphatic heterocycles. The van der Waals surface area contributed by atoms with Crippen molar-refractivity contribution in [1.82, 2.24) is 9.47 Å². The van der Waals surface area contributed by atoms with Gasteiger partial charge >= 0.3 is 5.97 Å². The number of amides is 1. The molecule has 6 heteroatoms. The van der Waals surface area contributed by atoms with E-state index in [1.165, 1.54) is 0 Å². The lowest BCUT2D eigenvalue weighted by atomic mass is 10.2. The average molecular weight is 335 g/mol. The van der Waals surface area contributed by atoms with Gasteiger partial charge in [-0.3, -0.25) is 9.59 Å². The number of nitrogens with zero attached hydrogens (tertiary/aromatic N) is 2. The van der Waals surface area contributed by atoms with Crippen molar-refractivity contribution in [3.8, 4) is 5.69 Å². The molecule has 5 nitrogen and oxygen atoms in total. The molecule has 0 unspecified atom stereocenters. The summed E-state index contributed by atoms with van der Waals surface area (Å²) in [4.78, 5) is 24.9. The van der Waals surface area contributed by atoms with E-state index in [4.69, 9.17) is 16.7 Å². The standard InChI is InChI=1S/C17H19ClN2O3/c18-9-4-10-19(12-8-16(21)22)17(23)14-7-11-20(13-14)15-5-2-1-3-6-15/h1-3,5-7,11,13H,4,8-10,12H2,(H,21,22). The summed E-state index contributed by atoms with van der Waals surface area (Å²) in [7, 11) is 0. The number of rotatable bonds is 8. The second kappa shape index (κ2) is 8.39. The van der Waals surface area contributed by atoms with Gasteiger partial charge in [0.25, 0.3) is 5.91 Å². The van der Waals surface area contributed by atoms with Gasteiger partial charge in [-0.1, -0.05) is 18.2 Å². The number of aromatic nitrogens is 1. The number of benzene rings is 1. The molecule has 0 fully saturated rings. The van der Waals surface area contributed by atoms with E-state index in [9.17, 15) is 9.59 Å². The molecule has 2 rings (SSSR count). The molecule has 122 valence electrons. The Kier molecular flexibility index (Phi) is 6.23. The normalized spacial score (nSPS) is 10.5. The Bertz CT molecular complexity index is 655. The monoisotopic (exact) mass is 334 g/mol. The van der Waals surface area contributed by atoms with Gasteiger partial charge in [0, 0.05) is 37.1 Å². The Labute approximate surface area is 140 Å². The van der Waals surface area contributed by atoms with Gasteiger partial charge in [0.15, 0.2) is 0 Å². The summed E-state index contributed by atoms with van der Waals surface area (Å²) in [5.41, 5.74) is 1.50. The summed E-state index contributed by atoms with van der Waals surface area (Å²) < 4.78 is 1.87. The van der Waals surface area contributed by atoms with E-state index >= 15 is 0 Å². The summed E-state index contributed by atoms with van der Waals surface area (Å²) in [6.07, 6.45) is 4.13. The maximum atomic E-state index is 12.6. The fourth-order valence-corrected chi connectivity index (χ4v) is 2.38. The summed E-state index contributed by atoms with van der Waals surface area (Å²) in [6.45, 7) is 0.633. The molecule has 1 heterocycles. The van der Waals surface area contributed by atoms with Gasteiger partial charge in [0.1, 0.15) is 0 Å². The largest absolute Gasteiger partial charge is 0.481 e. The molecule has 1 N–H and O–H groups in total. The predicted molar refractivity (Wildman–Crippen MR) is 89.3 cm³/mol. The Morgan fingerprint density at radius 1 is 1.13 bits per heavy atom. The lowest BCUT2D eigenvalue weighted by molar-refractivity contribution is -0.137. The van der Waals surface area contributed by atoms with Crippen molar-refractivity contribution in [3.63, 3.8) is 0 Å². The zero-order chi connectivity index (χ0) is 16.7. The number of aliphatic carboxylic acids is 1. The smallest absolute Gasteiger partial charge is 0.305 e. The van der Waals surface area contributed by atoms with Crippen LogP contribution < -0.4 is 0 Å². The molecule has 0 saturated carbocycles. The molecule has 0 spiro atoms. The fourth-order valence-electron chi connectivity index (χ4n) is 2.26. The molecule has 0 aliphatic rings. The highest BCUT2D eigenvalue weighted by molar-refractivity contribution is 6.17. The number of para-hydroxylation sites is 1. The van der Waals surface area contributed by atoms with Crippen LogP contribution in [-0.4, -0.2) is 45.4 Å². The van der Waals surface area contributed by atoms with E-state index in [2.05, 4.69) is 0 Å². The van der Waals surface area contributed by atoms with Gasteiger partial charge in [0.2, 0.25) is 0 Å². The van der Waals surface area contributed by atoms with Crippen molar-refractivity contribution in [3.05, 3.63) is 54.4 Å². The van der Waals surface area contributed by atoms with Crippen molar-refractivity contribution in [2.24, 2.45) is 0 Å². The Balaban J connectivity index is 2.12. The minimum absolute atomic E-state index is 0.0760. The van der Waals surface area contributed by atoms with Crippen LogP contribution in [0.25, 0.3) is 5.69 Å². The molecule has 0 bridgehead atoms. The van der Waals surface area contributed by atoms with Crippen LogP contribution in [0.5, 0.6) is 0 Å². The number of hydrogen-bond acceptors (Lipinski definition) is 2. The Morgan fingerprint density at radius 2 is 1.87 bits per heavy atom. The van der Waals surface area contributed by atoms with Gasteiger partial charge in [-0.15, -0.1) is 11.6 Å². The predicted octanol–water partition coefficient (Wildman–Crippen LogP) is 3.02. The number of carboxylic acids is 1. The lowest BCUT2D eigenvalue weighted by Gasteiger charge is -2.21. The molecule has 2 aromatic rings. The van der Waals surface area contributed by atoms with E-state index in [1.54, 1.807) is 17.2 Å². The highest BCUT2D eigenvalue weighted by Crippen LogP contribution is 2.13. The quantitative estimate of drug-likeness (QED) is 0.755. The summed E-state index contributed by atoms with van der Waals surface area (Å²) in [5.74, 6) is -0.663. The number of carboxylic acid groups (broad SMARTS) is 1. The maximum Gasteiger partial charge on any atom is 0.305 e. The van der Waals surface area contributed by atoms with Gasteiger partial charge in [-0.05, 0) is 24.6 Å². The van der Waals surface area contributed by atoms with Crippen LogP contribution in [0.1, 0.15) is 23.2 Å². The number of hydrogen-bond donors (Lipinski definition) is 1. The topological polar surface area (TPSA) is 62.5 Å². The summed E-state index contributed by atoms with van der Waals surface area (Å²) in [6, 6.07) is 11.4. The van der Waals surface area contributed by atoms with Gasteiger partial charge in [-0.2, -0.15) is 0 Å². The van der Waals surface area contributed by atoms with Crippen LogP contribution >= 0.6 is 11.6 Å². The fraction of sp³-hybridized carbons (Fsp3) is 0.294. The van der Waals surface area contributed by atoms with Crippen molar-refractivity contribution in [2.75, 3.05) is 19.0 Å². The van der Waals surface area contributed by atoms with Crippen LogP contribution in [0.15, 0.2) is 48.8 Å². The third-order valence-corrected chi connectivity index (χ3v) is 3.71. The van der Waals surface area contributed by atoms with Gasteiger partial charge in [0.05, 0.1) is 12.0 Å². The molecule has 1 aromatic heterocycles. The van der Waals surface area contributed by atoms with E-state index in [0.29, 0.717) is 24.4 Å². The van der Waals surface area contributed by atoms with Crippen molar-refractivity contribution in [1.29, 1.82) is 0 Å². The van der Waals surface area contributed by atoms with Crippen molar-refractivity contribution < 1.29 is 14.7 Å². The molecular weight excluding hydrogens is 316 g/mol. The van der Waals surface area contributed by atoms with E-state index in [1.807, 2.05) is 41.1 Å². The zero-order valence-corrected chi connectivity index (χ0v) is 13.4. The second-order valence-electron chi connectivity index (χ2n) is 5.12. The Morgan fingerprint density at radius 3 is 2.52 bits per heavy atom. The average Bonchev–Trinajstić information content (AvgIpc) is 3.05. The van der Waals surface area contributed by atoms with Crippen LogP contribution in [0.4, 0.5) is 0 Å². The molecule has 1 amide bonds. The highest BCUT2D eigenvalue weighted by Gasteiger charge is 2.17. The number of alkyl halides is 1. The van der Waals surface area contributed by atoms with E-state index in [-0.39, 0.29) is 18.9 Å². The number of carbonyl (C=O) groups excluding carboxylic acids is 1. The highest BCUT2D eigenvalue weighted by atomic mass is 35.5. The molecule has 0 radical (unpaired) electrons. The van der Waals surface area contributed by atoms with E-state index in [0.717, 1.165) is 5.69 Å². The van der Waals surface area contributed by atoms with Crippen LogP contribution in [-0.2, 0) is 4.79 Å². The third-order valence-electron chi connectivity index (χ3n) is 3.44. The number of carbonyl (C=O) groups is 2. The van der Waals surface area contributed by atoms with Crippen molar-refractivity contribution in [2.45, 2.75) is 12.8 Å². The van der Waals surface area contributed by atoms with Crippen LogP contribution in [0, 0.1) is 0 Å². The molecule has 0 aliphatic carbocycles. The van der Waals surface area contributed by atoms with Gasteiger partial charge in [-0.25, -0.2) is 0 Å². The first-order valence-electron chi connectivity index (χ1n) is 7.42. The first-order valence-corrected chi connectivity index (χ1v) is 7.95. The van der Waals surface area contributed by atoms with E-state index < -0.39 is 5.97 Å². The second-order valence-corrected chi connectivity index (χ2v) is 5.50. The lowest BCUT2D eigenvalue weighted by Crippen LogP contribution is -2.34. The Hall–Kier alpha value is -2.27. The first-order chi connectivity index (χ1) is 11.1. The maximum absolute atomic E-state index is 12.6. The van der Waals surface area contributed by atoms with Gasteiger partial charge < -0.3 is 14.6 Å². The summed E-state index contributed by atoms with van der Waals surface area (Å²) in [5, 5.41) is 8.82. The third kappa shape index (κ3) is 4.86.